The minimum absolute atomic E-state index is 0.158. The predicted octanol–water partition coefficient (Wildman–Crippen LogP) is 0.582. The number of H-pyrrole nitrogens is 1. The second-order valence-electron chi connectivity index (χ2n) is 4.47. The molecule has 1 amide bonds. The molecule has 0 aliphatic carbocycles. The van der Waals surface area contributed by atoms with Crippen LogP contribution in [0.2, 0.25) is 0 Å². The molecule has 8 nitrogen and oxygen atoms in total. The number of carbonyl (C=O) groups excluding carboxylic acids is 1. The Hall–Kier alpha value is -2.42. The zero-order valence-corrected chi connectivity index (χ0v) is 13.2. The Balaban J connectivity index is 1.71. The molecule has 22 heavy (non-hydrogen) atoms. The van der Waals surface area contributed by atoms with Crippen LogP contribution in [-0.2, 0) is 4.79 Å². The fraction of sp³-hybridized carbons (Fsp3) is 0.308. The molecular weight excluding hydrogens is 302 g/mol. The largest absolute Gasteiger partial charge is 0.352 e. The van der Waals surface area contributed by atoms with E-state index < -0.39 is 0 Å². The van der Waals surface area contributed by atoms with Gasteiger partial charge in [0.1, 0.15) is 6.33 Å². The molecule has 0 spiro atoms. The van der Waals surface area contributed by atoms with Crippen LogP contribution in [0.4, 0.5) is 5.95 Å². The molecule has 0 aromatic carbocycles. The Morgan fingerprint density at radius 3 is 2.77 bits per heavy atom. The van der Waals surface area contributed by atoms with Gasteiger partial charge in [-0.2, -0.15) is 5.10 Å². The average molecular weight is 319 g/mol. The SMILES string of the molecule is CN(C)c1ncc(/C=C/C(=O)NCCSc2ncn[nH]2)cn1. The standard InChI is InChI=1S/C13H17N7OS/c1-20(2)12-15-7-10(8-16-12)3-4-11(21)14-5-6-22-13-17-9-18-19-13/h3-4,7-9H,5-6H2,1-2H3,(H,14,21)(H,17,18,19)/b4-3+. The second kappa shape index (κ2) is 8.13. The number of aromatic amines is 1. The number of rotatable bonds is 7. The zero-order chi connectivity index (χ0) is 15.8. The van der Waals surface area contributed by atoms with E-state index in [1.54, 1.807) is 18.5 Å². The van der Waals surface area contributed by atoms with Crippen molar-refractivity contribution in [1.82, 2.24) is 30.5 Å². The molecule has 0 atom stereocenters. The predicted molar refractivity (Wildman–Crippen MR) is 85.5 cm³/mol. The van der Waals surface area contributed by atoms with Crippen LogP contribution in [0.5, 0.6) is 0 Å². The van der Waals surface area contributed by atoms with E-state index in [1.165, 1.54) is 24.2 Å². The van der Waals surface area contributed by atoms with Crippen molar-refractivity contribution in [1.29, 1.82) is 0 Å². The van der Waals surface area contributed by atoms with Crippen LogP contribution in [0.25, 0.3) is 6.08 Å². The third-order valence-electron chi connectivity index (χ3n) is 2.52. The van der Waals surface area contributed by atoms with Gasteiger partial charge in [-0.1, -0.05) is 11.8 Å². The quantitative estimate of drug-likeness (QED) is 0.437. The van der Waals surface area contributed by atoms with Gasteiger partial charge in [0.25, 0.3) is 0 Å². The highest BCUT2D eigenvalue weighted by molar-refractivity contribution is 7.99. The third kappa shape index (κ3) is 5.17. The number of carbonyl (C=O) groups is 1. The van der Waals surface area contributed by atoms with Crippen LogP contribution >= 0.6 is 11.8 Å². The summed E-state index contributed by atoms with van der Waals surface area (Å²) in [6.45, 7) is 0.546. The summed E-state index contributed by atoms with van der Waals surface area (Å²) in [5.74, 6) is 1.19. The van der Waals surface area contributed by atoms with Crippen LogP contribution in [-0.4, -0.2) is 57.4 Å². The molecule has 2 heterocycles. The smallest absolute Gasteiger partial charge is 0.244 e. The summed E-state index contributed by atoms with van der Waals surface area (Å²) >= 11 is 1.50. The number of nitrogens with one attached hydrogen (secondary N) is 2. The number of thioether (sulfide) groups is 1. The fourth-order valence-electron chi connectivity index (χ4n) is 1.46. The van der Waals surface area contributed by atoms with Gasteiger partial charge in [-0.05, 0) is 6.08 Å². The molecule has 9 heteroatoms. The van der Waals surface area contributed by atoms with Crippen molar-refractivity contribution < 1.29 is 4.79 Å². The molecule has 0 radical (unpaired) electrons. The normalized spacial score (nSPS) is 10.8. The van der Waals surface area contributed by atoms with Gasteiger partial charge in [0.05, 0.1) is 0 Å². The maximum atomic E-state index is 11.7. The van der Waals surface area contributed by atoms with Crippen LogP contribution in [0, 0.1) is 0 Å². The van der Waals surface area contributed by atoms with Gasteiger partial charge in [0, 0.05) is 50.4 Å². The maximum absolute atomic E-state index is 11.7. The first-order chi connectivity index (χ1) is 10.6. The van der Waals surface area contributed by atoms with Crippen molar-refractivity contribution in [3.8, 4) is 0 Å². The summed E-state index contributed by atoms with van der Waals surface area (Å²) in [5, 5.41) is 10.0. The number of anilines is 1. The van der Waals surface area contributed by atoms with Crippen LogP contribution in [0.15, 0.2) is 30.0 Å². The Bertz CT molecular complexity index is 610. The molecule has 0 saturated heterocycles. The summed E-state index contributed by atoms with van der Waals surface area (Å²) < 4.78 is 0. The van der Waals surface area contributed by atoms with E-state index in [4.69, 9.17) is 0 Å². The fourth-order valence-corrected chi connectivity index (χ4v) is 2.10. The minimum atomic E-state index is -0.158. The van der Waals surface area contributed by atoms with Crippen LogP contribution < -0.4 is 10.2 Å². The molecular formula is C13H17N7OS. The number of amides is 1. The van der Waals surface area contributed by atoms with Crippen LogP contribution in [0.3, 0.4) is 0 Å². The first-order valence-corrected chi connectivity index (χ1v) is 7.57. The Kier molecular flexibility index (Phi) is 5.90. The maximum Gasteiger partial charge on any atom is 0.244 e. The molecule has 0 aliphatic heterocycles. The summed E-state index contributed by atoms with van der Waals surface area (Å²) in [6, 6.07) is 0. The van der Waals surface area contributed by atoms with Gasteiger partial charge in [0.2, 0.25) is 11.9 Å². The van der Waals surface area contributed by atoms with E-state index in [2.05, 4.69) is 30.5 Å². The molecule has 0 fully saturated rings. The van der Waals surface area contributed by atoms with Gasteiger partial charge in [-0.25, -0.2) is 15.0 Å². The first kappa shape index (κ1) is 16.0. The number of hydrogen-bond donors (Lipinski definition) is 2. The Morgan fingerprint density at radius 1 is 1.36 bits per heavy atom. The molecule has 2 rings (SSSR count). The highest BCUT2D eigenvalue weighted by Crippen LogP contribution is 2.08. The third-order valence-corrected chi connectivity index (χ3v) is 3.40. The van der Waals surface area contributed by atoms with Crippen molar-refractivity contribution in [2.45, 2.75) is 5.16 Å². The molecule has 0 saturated carbocycles. The summed E-state index contributed by atoms with van der Waals surface area (Å²) in [7, 11) is 3.74. The van der Waals surface area contributed by atoms with E-state index in [0.717, 1.165) is 16.5 Å². The van der Waals surface area contributed by atoms with Crippen molar-refractivity contribution in [3.63, 3.8) is 0 Å². The van der Waals surface area contributed by atoms with Crippen molar-refractivity contribution >= 4 is 29.7 Å². The van der Waals surface area contributed by atoms with E-state index in [0.29, 0.717) is 12.5 Å². The molecule has 2 aromatic heterocycles. The van der Waals surface area contributed by atoms with E-state index in [1.807, 2.05) is 19.0 Å². The van der Waals surface area contributed by atoms with Crippen molar-refractivity contribution in [2.75, 3.05) is 31.3 Å². The summed E-state index contributed by atoms with van der Waals surface area (Å²) in [4.78, 5) is 25.8. The molecule has 0 aliphatic rings. The highest BCUT2D eigenvalue weighted by Gasteiger charge is 2.00. The van der Waals surface area contributed by atoms with Gasteiger partial charge in [-0.3, -0.25) is 9.89 Å². The lowest BCUT2D eigenvalue weighted by Gasteiger charge is -2.08. The van der Waals surface area contributed by atoms with E-state index in [-0.39, 0.29) is 5.91 Å². The lowest BCUT2D eigenvalue weighted by Crippen LogP contribution is -2.23. The van der Waals surface area contributed by atoms with E-state index in [9.17, 15) is 4.79 Å². The molecule has 2 aromatic rings. The summed E-state index contributed by atoms with van der Waals surface area (Å²) in [5.41, 5.74) is 0.775. The molecule has 0 unspecified atom stereocenters. The van der Waals surface area contributed by atoms with Crippen molar-refractivity contribution in [2.24, 2.45) is 0 Å². The van der Waals surface area contributed by atoms with Crippen LogP contribution in [0.1, 0.15) is 5.56 Å². The monoisotopic (exact) mass is 319 g/mol. The number of nitrogens with zero attached hydrogens (tertiary/aromatic N) is 5. The van der Waals surface area contributed by atoms with E-state index >= 15 is 0 Å². The Morgan fingerprint density at radius 2 is 2.14 bits per heavy atom. The second-order valence-corrected chi connectivity index (χ2v) is 5.56. The molecule has 0 bridgehead atoms. The highest BCUT2D eigenvalue weighted by atomic mass is 32.2. The van der Waals surface area contributed by atoms with Gasteiger partial charge in [-0.15, -0.1) is 0 Å². The topological polar surface area (TPSA) is 99.7 Å². The lowest BCUT2D eigenvalue weighted by atomic mass is 10.3. The molecule has 2 N–H and O–H groups in total. The minimum Gasteiger partial charge on any atom is -0.352 e. The molecule has 116 valence electrons. The number of aromatic nitrogens is 5. The van der Waals surface area contributed by atoms with Crippen molar-refractivity contribution in [3.05, 3.63) is 30.4 Å². The first-order valence-electron chi connectivity index (χ1n) is 6.58. The van der Waals surface area contributed by atoms with Gasteiger partial charge >= 0.3 is 0 Å². The Labute approximate surface area is 132 Å². The zero-order valence-electron chi connectivity index (χ0n) is 12.4. The average Bonchev–Trinajstić information content (AvgIpc) is 3.03. The number of hydrogen-bond acceptors (Lipinski definition) is 7. The van der Waals surface area contributed by atoms with Gasteiger partial charge < -0.3 is 10.2 Å². The summed E-state index contributed by atoms with van der Waals surface area (Å²) in [6.07, 6.45) is 7.94. The van der Waals surface area contributed by atoms with Gasteiger partial charge in [0.15, 0.2) is 5.16 Å². The lowest BCUT2D eigenvalue weighted by molar-refractivity contribution is -0.116.